The molecule has 0 spiro atoms. The second kappa shape index (κ2) is 20.6. The van der Waals surface area contributed by atoms with Crippen LogP contribution in [0.1, 0.15) is 36.8 Å². The zero-order valence-electron chi connectivity index (χ0n) is 26.3. The van der Waals surface area contributed by atoms with Crippen molar-refractivity contribution in [3.8, 4) is 5.75 Å². The van der Waals surface area contributed by atoms with Gasteiger partial charge in [-0.1, -0.05) is 12.1 Å². The number of nitrogens with zero attached hydrogens (tertiary/aromatic N) is 2. The molecule has 48 heavy (non-hydrogen) atoms. The number of unbranched alkanes of at least 4 members (excludes halogenated alkanes) is 1. The maximum atomic E-state index is 12.6. The zero-order valence-corrected chi connectivity index (χ0v) is 28.1. The number of aryl methyl sites for hydroxylation is 1. The molecule has 0 aromatic heterocycles. The summed E-state index contributed by atoms with van der Waals surface area (Å²) in [7, 11) is 1.42. The molecule has 0 saturated carbocycles. The molecule has 8 N–H and O–H groups in total. The monoisotopic (exact) mass is 724 g/mol. The van der Waals surface area contributed by atoms with Gasteiger partial charge in [-0.05, 0) is 37.3 Å². The molecule has 2 heterocycles. The van der Waals surface area contributed by atoms with Gasteiger partial charge >= 0.3 is 12.1 Å². The van der Waals surface area contributed by atoms with E-state index in [9.17, 15) is 39.6 Å². The van der Waals surface area contributed by atoms with Crippen LogP contribution in [-0.4, -0.2) is 136 Å². The van der Waals surface area contributed by atoms with Gasteiger partial charge in [0.15, 0.2) is 6.10 Å². The summed E-state index contributed by atoms with van der Waals surface area (Å²) >= 11 is 0.767. The molecular weight excluding hydrogens is 680 g/mol. The van der Waals surface area contributed by atoms with Gasteiger partial charge in [0.2, 0.25) is 18.1 Å². The SMILES string of the molecule is CN(O)SOCCOC[C@@H]1CCC(=O)N1CC(=O)NCCCCc1ccc(COC(N)=O)c(OC2OC(C(=O)O)[C@@H](O)C(O)[C@H]2O)c1.S. The summed E-state index contributed by atoms with van der Waals surface area (Å²) in [5, 5.41) is 51.6. The summed E-state index contributed by atoms with van der Waals surface area (Å²) in [6, 6.07) is 4.66. The lowest BCUT2D eigenvalue weighted by atomic mass is 9.99. The Balaban J connectivity index is 0.00000800. The quantitative estimate of drug-likeness (QED) is 0.0391. The van der Waals surface area contributed by atoms with E-state index in [-0.39, 0.29) is 70.1 Å². The Morgan fingerprint density at radius 1 is 1.15 bits per heavy atom. The third-order valence-electron chi connectivity index (χ3n) is 7.32. The molecule has 20 heteroatoms. The van der Waals surface area contributed by atoms with Crippen LogP contribution in [0.3, 0.4) is 0 Å². The molecule has 18 nitrogen and oxygen atoms in total. The molecule has 3 amide bonds. The number of benzene rings is 1. The average molecular weight is 725 g/mol. The van der Waals surface area contributed by atoms with Gasteiger partial charge in [0, 0.05) is 25.6 Å². The van der Waals surface area contributed by atoms with Gasteiger partial charge in [0.1, 0.15) is 42.9 Å². The molecule has 0 bridgehead atoms. The van der Waals surface area contributed by atoms with Crippen LogP contribution in [-0.2, 0) is 45.8 Å². The lowest BCUT2D eigenvalue weighted by Gasteiger charge is -2.38. The van der Waals surface area contributed by atoms with Gasteiger partial charge in [-0.25, -0.2) is 9.59 Å². The van der Waals surface area contributed by atoms with Crippen LogP contribution in [0.2, 0.25) is 0 Å². The molecular formula is C28H44N4O14S2. The molecule has 2 aliphatic rings. The highest BCUT2D eigenvalue weighted by atomic mass is 32.2. The van der Waals surface area contributed by atoms with E-state index < -0.39 is 42.8 Å². The third kappa shape index (κ3) is 12.8. The van der Waals surface area contributed by atoms with Gasteiger partial charge in [0.25, 0.3) is 0 Å². The standard InChI is InChI=1S/C28H42N4O14S.H2S/c1-31(41)47-44-11-10-42-15-18-7-8-21(34)32(18)13-20(33)30-9-3-2-4-16-5-6-17(14-43-28(29)40)19(12-16)45-27-24(37)22(35)23(36)25(46-27)26(38)39;/h5-6,12,18,22-25,27,35-37,41H,2-4,7-11,13-15H2,1H3,(H2,29,40)(H,30,33)(H,38,39);1H2/t18-,22?,23-,24+,25?,27?;/m0./s1. The van der Waals surface area contributed by atoms with E-state index in [0.29, 0.717) is 44.2 Å². The summed E-state index contributed by atoms with van der Waals surface area (Å²) < 4.78 is 27.2. The fourth-order valence-electron chi connectivity index (χ4n) is 4.91. The normalized spacial score (nSPS) is 23.9. The Labute approximate surface area is 288 Å². The van der Waals surface area contributed by atoms with E-state index in [1.54, 1.807) is 18.2 Å². The van der Waals surface area contributed by atoms with Crippen molar-refractivity contribution in [2.75, 3.05) is 40.0 Å². The summed E-state index contributed by atoms with van der Waals surface area (Å²) in [5.41, 5.74) is 6.12. The van der Waals surface area contributed by atoms with E-state index in [2.05, 4.69) is 5.32 Å². The number of hydrogen-bond acceptors (Lipinski definition) is 15. The number of amides is 3. The summed E-state index contributed by atoms with van der Waals surface area (Å²) in [5.74, 6) is -1.93. The predicted molar refractivity (Wildman–Crippen MR) is 171 cm³/mol. The number of nitrogens with one attached hydrogen (secondary N) is 1. The van der Waals surface area contributed by atoms with Gasteiger partial charge in [-0.3, -0.25) is 13.8 Å². The van der Waals surface area contributed by atoms with Crippen molar-refractivity contribution in [3.63, 3.8) is 0 Å². The summed E-state index contributed by atoms with van der Waals surface area (Å²) in [6.45, 7) is 0.708. The van der Waals surface area contributed by atoms with Crippen LogP contribution in [0, 0.1) is 0 Å². The lowest BCUT2D eigenvalue weighted by molar-refractivity contribution is -0.271. The van der Waals surface area contributed by atoms with Crippen molar-refractivity contribution in [1.29, 1.82) is 0 Å². The fraction of sp³-hybridized carbons (Fsp3) is 0.643. The van der Waals surface area contributed by atoms with Crippen LogP contribution >= 0.6 is 25.7 Å². The molecule has 272 valence electrons. The first-order valence-corrected chi connectivity index (χ1v) is 15.6. The Morgan fingerprint density at radius 3 is 2.58 bits per heavy atom. The van der Waals surface area contributed by atoms with Crippen LogP contribution in [0.5, 0.6) is 5.75 Å². The van der Waals surface area contributed by atoms with E-state index in [0.717, 1.165) is 22.3 Å². The number of hydrogen-bond donors (Lipinski definition) is 7. The number of rotatable bonds is 19. The number of ether oxygens (including phenoxy) is 4. The number of aliphatic hydroxyl groups excluding tert-OH is 3. The number of carbonyl (C=O) groups excluding carboxylic acids is 3. The minimum absolute atomic E-state index is 0. The topological polar surface area (TPSA) is 260 Å². The van der Waals surface area contributed by atoms with Crippen molar-refractivity contribution in [2.24, 2.45) is 5.73 Å². The zero-order chi connectivity index (χ0) is 34.5. The molecule has 1 aromatic rings. The number of carboxylic acid groups (broad SMARTS) is 1. The highest BCUT2D eigenvalue weighted by Crippen LogP contribution is 2.29. The third-order valence-corrected chi connectivity index (χ3v) is 7.81. The van der Waals surface area contributed by atoms with Crippen molar-refractivity contribution < 1.29 is 67.9 Å². The number of hydroxylamine groups is 1. The van der Waals surface area contributed by atoms with E-state index >= 15 is 0 Å². The molecule has 6 atom stereocenters. The molecule has 0 aliphatic carbocycles. The largest absolute Gasteiger partial charge is 0.479 e. The number of aliphatic carboxylic acids is 1. The number of nitrogens with two attached hydrogens (primary N) is 1. The first-order chi connectivity index (χ1) is 22.4. The maximum Gasteiger partial charge on any atom is 0.404 e. The van der Waals surface area contributed by atoms with Crippen molar-refractivity contribution >= 4 is 49.6 Å². The Morgan fingerprint density at radius 2 is 1.90 bits per heavy atom. The number of primary amides is 1. The number of aliphatic hydroxyl groups is 3. The minimum Gasteiger partial charge on any atom is -0.479 e. The Hall–Kier alpha value is -2.92. The van der Waals surface area contributed by atoms with Crippen molar-refractivity contribution in [1.82, 2.24) is 14.7 Å². The number of likely N-dealkylation sites (tertiary alicyclic amines) is 1. The Kier molecular flexibility index (Phi) is 17.7. The minimum atomic E-state index is -1.89. The molecule has 3 rings (SSSR count). The first kappa shape index (κ1) is 41.3. The smallest absolute Gasteiger partial charge is 0.404 e. The molecule has 0 radical (unpaired) electrons. The van der Waals surface area contributed by atoms with E-state index in [1.165, 1.54) is 11.9 Å². The van der Waals surface area contributed by atoms with Crippen LogP contribution in [0.25, 0.3) is 0 Å². The van der Waals surface area contributed by atoms with Crippen LogP contribution < -0.4 is 15.8 Å². The van der Waals surface area contributed by atoms with E-state index in [1.807, 2.05) is 0 Å². The summed E-state index contributed by atoms with van der Waals surface area (Å²) in [4.78, 5) is 49.0. The first-order valence-electron chi connectivity index (χ1n) is 14.9. The van der Waals surface area contributed by atoms with Gasteiger partial charge in [0.05, 0.1) is 32.4 Å². The second-order valence-electron chi connectivity index (χ2n) is 10.9. The highest BCUT2D eigenvalue weighted by molar-refractivity contribution is 7.92. The van der Waals surface area contributed by atoms with Crippen LogP contribution in [0.4, 0.5) is 4.79 Å². The fourth-order valence-corrected chi connectivity index (χ4v) is 5.20. The van der Waals surface area contributed by atoms with Crippen molar-refractivity contribution in [2.45, 2.75) is 75.5 Å². The molecule has 3 unspecified atom stereocenters. The average Bonchev–Trinajstić information content (AvgIpc) is 3.36. The van der Waals surface area contributed by atoms with Gasteiger partial charge in [-0.15, -0.1) is 4.47 Å². The lowest BCUT2D eigenvalue weighted by Crippen LogP contribution is -2.61. The van der Waals surface area contributed by atoms with E-state index in [4.69, 9.17) is 34.1 Å². The maximum absolute atomic E-state index is 12.6. The van der Waals surface area contributed by atoms with Gasteiger partial charge < -0.3 is 60.5 Å². The van der Waals surface area contributed by atoms with Gasteiger partial charge in [-0.2, -0.15) is 13.5 Å². The summed E-state index contributed by atoms with van der Waals surface area (Å²) in [6.07, 6.45) is -7.52. The molecule has 1 aromatic carbocycles. The predicted octanol–water partition coefficient (Wildman–Crippen LogP) is -0.987. The number of carboxylic acids is 1. The Bertz CT molecular complexity index is 1210. The number of carbonyl (C=O) groups is 4. The molecule has 2 fully saturated rings. The highest BCUT2D eigenvalue weighted by Gasteiger charge is 2.48. The second-order valence-corrected chi connectivity index (χ2v) is 11.8. The van der Waals surface area contributed by atoms with Crippen molar-refractivity contribution in [3.05, 3.63) is 29.3 Å². The molecule has 2 saturated heterocycles. The van der Waals surface area contributed by atoms with Crippen LogP contribution in [0.15, 0.2) is 18.2 Å². The molecule has 2 aliphatic heterocycles.